The molecule has 0 amide bonds. The van der Waals surface area contributed by atoms with Crippen molar-refractivity contribution >= 4 is 65.6 Å². The molecule has 45 heavy (non-hydrogen) atoms. The molecular weight excluding hydrogens is 548 g/mol. The highest BCUT2D eigenvalue weighted by molar-refractivity contribution is 6.27. The molecule has 0 spiro atoms. The fourth-order valence-corrected chi connectivity index (χ4v) is 7.50. The van der Waals surface area contributed by atoms with E-state index in [9.17, 15) is 0 Å². The van der Waals surface area contributed by atoms with E-state index in [1.165, 1.54) is 49.2 Å². The lowest BCUT2D eigenvalue weighted by Gasteiger charge is -2.16. The maximum atomic E-state index is 6.43. The van der Waals surface area contributed by atoms with Gasteiger partial charge in [0.25, 0.3) is 0 Å². The lowest BCUT2D eigenvalue weighted by Crippen LogP contribution is -1.98. The van der Waals surface area contributed by atoms with Gasteiger partial charge in [0.15, 0.2) is 0 Å². The first kappa shape index (κ1) is 24.4. The predicted octanol–water partition coefficient (Wildman–Crippen LogP) is 11.4. The molecule has 3 heteroatoms. The summed E-state index contributed by atoms with van der Waals surface area (Å²) in [5.74, 6) is 0. The van der Waals surface area contributed by atoms with Crippen LogP contribution in [0.1, 0.15) is 0 Å². The fraction of sp³-hybridized carbons (Fsp3) is 0. The quantitative estimate of drug-likeness (QED) is 0.206. The normalized spacial score (nSPS) is 12.0. The highest BCUT2D eigenvalue weighted by Gasteiger charge is 2.24. The second-order valence-electron chi connectivity index (χ2n) is 11.7. The van der Waals surface area contributed by atoms with E-state index in [0.717, 1.165) is 38.9 Å². The van der Waals surface area contributed by atoms with Crippen LogP contribution in [0.4, 0.5) is 0 Å². The van der Waals surface area contributed by atoms with Gasteiger partial charge in [-0.15, -0.1) is 0 Å². The minimum Gasteiger partial charge on any atom is -0.456 e. The monoisotopic (exact) mass is 574 g/mol. The molecule has 0 aliphatic heterocycles. The van der Waals surface area contributed by atoms with Crippen LogP contribution in [0.25, 0.3) is 88.1 Å². The van der Waals surface area contributed by atoms with Crippen LogP contribution in [0.5, 0.6) is 0 Å². The summed E-state index contributed by atoms with van der Waals surface area (Å²) < 4.78 is 11.3. The summed E-state index contributed by atoms with van der Waals surface area (Å²) in [5, 5.41) is 7.23. The van der Waals surface area contributed by atoms with Gasteiger partial charge in [-0.3, -0.25) is 0 Å². The SMILES string of the molecule is c1ccc(-c2c(-n3c4ccccc4c4ccc5c(c6ccccc6n5-c5ccccc5)c43)ccc3oc4ccccc4c23)cc1. The van der Waals surface area contributed by atoms with Gasteiger partial charge >= 0.3 is 0 Å². The molecule has 0 bridgehead atoms. The Labute approximate surface area is 258 Å². The molecule has 0 fully saturated rings. The van der Waals surface area contributed by atoms with Crippen molar-refractivity contribution in [3.63, 3.8) is 0 Å². The van der Waals surface area contributed by atoms with Gasteiger partial charge in [0, 0.05) is 43.6 Å². The number of rotatable bonds is 3. The summed E-state index contributed by atoms with van der Waals surface area (Å²) in [4.78, 5) is 0. The first-order valence-corrected chi connectivity index (χ1v) is 15.4. The van der Waals surface area contributed by atoms with Crippen LogP contribution >= 0.6 is 0 Å². The van der Waals surface area contributed by atoms with Crippen molar-refractivity contribution in [2.45, 2.75) is 0 Å². The number of para-hydroxylation sites is 4. The maximum Gasteiger partial charge on any atom is 0.136 e. The maximum absolute atomic E-state index is 6.43. The van der Waals surface area contributed by atoms with Crippen LogP contribution < -0.4 is 0 Å². The molecule has 0 N–H and O–H groups in total. The third-order valence-electron chi connectivity index (χ3n) is 9.31. The van der Waals surface area contributed by atoms with Crippen LogP contribution in [0.3, 0.4) is 0 Å². The lowest BCUT2D eigenvalue weighted by molar-refractivity contribution is 0.669. The number of benzene rings is 7. The first-order chi connectivity index (χ1) is 22.4. The third-order valence-corrected chi connectivity index (χ3v) is 9.31. The molecule has 0 saturated carbocycles. The summed E-state index contributed by atoms with van der Waals surface area (Å²) in [6.07, 6.45) is 0. The molecule has 7 aromatic carbocycles. The summed E-state index contributed by atoms with van der Waals surface area (Å²) in [6, 6.07) is 56.4. The minimum absolute atomic E-state index is 0.894. The molecule has 3 aromatic heterocycles. The van der Waals surface area contributed by atoms with Crippen LogP contribution in [-0.2, 0) is 0 Å². The van der Waals surface area contributed by atoms with Crippen molar-refractivity contribution in [2.75, 3.05) is 0 Å². The van der Waals surface area contributed by atoms with E-state index in [1.807, 2.05) is 6.07 Å². The summed E-state index contributed by atoms with van der Waals surface area (Å²) in [7, 11) is 0. The Balaban J connectivity index is 1.45. The Morgan fingerprint density at radius 2 is 1.02 bits per heavy atom. The van der Waals surface area contributed by atoms with Crippen molar-refractivity contribution in [3.05, 3.63) is 158 Å². The molecule has 10 rings (SSSR count). The van der Waals surface area contributed by atoms with E-state index in [-0.39, 0.29) is 0 Å². The number of fused-ring (bicyclic) bond motifs is 10. The summed E-state index contributed by atoms with van der Waals surface area (Å²) >= 11 is 0. The fourth-order valence-electron chi connectivity index (χ4n) is 7.50. The van der Waals surface area contributed by atoms with Crippen LogP contribution in [0.15, 0.2) is 162 Å². The molecule has 10 aromatic rings. The number of furan rings is 1. The number of nitrogens with zero attached hydrogens (tertiary/aromatic N) is 2. The Morgan fingerprint density at radius 3 is 1.82 bits per heavy atom. The molecule has 0 unspecified atom stereocenters. The van der Waals surface area contributed by atoms with Crippen molar-refractivity contribution in [1.29, 1.82) is 0 Å². The first-order valence-electron chi connectivity index (χ1n) is 15.4. The largest absolute Gasteiger partial charge is 0.456 e. The lowest BCUT2D eigenvalue weighted by atomic mass is 9.97. The number of aromatic nitrogens is 2. The van der Waals surface area contributed by atoms with Crippen molar-refractivity contribution < 1.29 is 4.42 Å². The number of hydrogen-bond donors (Lipinski definition) is 0. The smallest absolute Gasteiger partial charge is 0.136 e. The summed E-state index contributed by atoms with van der Waals surface area (Å²) in [5.41, 5.74) is 11.2. The van der Waals surface area contributed by atoms with Gasteiger partial charge in [0.05, 0.1) is 27.8 Å². The Kier molecular flexibility index (Phi) is 5.00. The van der Waals surface area contributed by atoms with Crippen molar-refractivity contribution in [2.24, 2.45) is 0 Å². The van der Waals surface area contributed by atoms with E-state index < -0.39 is 0 Å². The topological polar surface area (TPSA) is 23.0 Å². The molecule has 0 aliphatic rings. The van der Waals surface area contributed by atoms with Crippen molar-refractivity contribution in [1.82, 2.24) is 9.13 Å². The highest BCUT2D eigenvalue weighted by Crippen LogP contribution is 2.46. The average Bonchev–Trinajstić information content (AvgIpc) is 3.76. The van der Waals surface area contributed by atoms with Gasteiger partial charge in [-0.05, 0) is 54.1 Å². The predicted molar refractivity (Wildman–Crippen MR) is 188 cm³/mol. The van der Waals surface area contributed by atoms with Gasteiger partial charge < -0.3 is 13.6 Å². The zero-order chi connectivity index (χ0) is 29.5. The van der Waals surface area contributed by atoms with Gasteiger partial charge in [-0.1, -0.05) is 109 Å². The van der Waals surface area contributed by atoms with Gasteiger partial charge in [0.2, 0.25) is 0 Å². The number of hydrogen-bond acceptors (Lipinski definition) is 1. The second kappa shape index (κ2) is 9.22. The molecule has 3 heterocycles. The van der Waals surface area contributed by atoms with E-state index in [1.54, 1.807) is 0 Å². The van der Waals surface area contributed by atoms with Crippen LogP contribution in [0, 0.1) is 0 Å². The van der Waals surface area contributed by atoms with E-state index >= 15 is 0 Å². The Hall–Kier alpha value is -6.06. The van der Waals surface area contributed by atoms with Gasteiger partial charge in [-0.25, -0.2) is 0 Å². The zero-order valence-electron chi connectivity index (χ0n) is 24.3. The van der Waals surface area contributed by atoms with Crippen molar-refractivity contribution in [3.8, 4) is 22.5 Å². The highest BCUT2D eigenvalue weighted by atomic mass is 16.3. The van der Waals surface area contributed by atoms with E-state index in [4.69, 9.17) is 4.42 Å². The molecular formula is C42H26N2O. The standard InChI is InChI=1S/C42H26N2O/c1-3-13-27(14-4-1)39-35(25-26-38-41(39)32-19-9-12-22-37(32)45-38)44-33-20-10-7-17-29(33)30-23-24-36-40(42(30)44)31-18-8-11-21-34(31)43(36)28-15-5-2-6-16-28/h1-26H. The average molecular weight is 575 g/mol. The zero-order valence-corrected chi connectivity index (χ0v) is 24.3. The van der Waals surface area contributed by atoms with Gasteiger partial charge in [0.1, 0.15) is 11.2 Å². The second-order valence-corrected chi connectivity index (χ2v) is 11.7. The van der Waals surface area contributed by atoms with E-state index in [2.05, 4.69) is 161 Å². The third kappa shape index (κ3) is 3.35. The van der Waals surface area contributed by atoms with Crippen LogP contribution in [-0.4, -0.2) is 9.13 Å². The minimum atomic E-state index is 0.894. The summed E-state index contributed by atoms with van der Waals surface area (Å²) in [6.45, 7) is 0. The molecule has 0 saturated heterocycles. The Bertz CT molecular complexity index is 2740. The van der Waals surface area contributed by atoms with Crippen LogP contribution in [0.2, 0.25) is 0 Å². The molecule has 3 nitrogen and oxygen atoms in total. The molecule has 0 atom stereocenters. The Morgan fingerprint density at radius 1 is 0.378 bits per heavy atom. The molecule has 0 radical (unpaired) electrons. The van der Waals surface area contributed by atoms with Gasteiger partial charge in [-0.2, -0.15) is 0 Å². The molecule has 210 valence electrons. The molecule has 0 aliphatic carbocycles. The van der Waals surface area contributed by atoms with E-state index in [0.29, 0.717) is 0 Å².